The smallest absolute Gasteiger partial charge is 0.306 e. The Morgan fingerprint density at radius 3 is 2.54 bits per heavy atom. The molecule has 1 aromatic rings. The first-order chi connectivity index (χ1) is 17.8. The lowest BCUT2D eigenvalue weighted by Gasteiger charge is -2.55. The predicted molar refractivity (Wildman–Crippen MR) is 153 cm³/mol. The van der Waals surface area contributed by atoms with Crippen molar-refractivity contribution in [3.8, 4) is 0 Å². The topological polar surface area (TPSA) is 26.3 Å². The Balaban J connectivity index is 1.16. The molecule has 0 bridgehead atoms. The number of fused-ring (bicyclic) bond motifs is 5. The molecule has 5 rings (SSSR count). The molecule has 3 saturated carbocycles. The zero-order valence-corrected chi connectivity index (χ0v) is 24.1. The van der Waals surface area contributed by atoms with E-state index in [0.717, 1.165) is 60.7 Å². The van der Waals surface area contributed by atoms with E-state index in [1.807, 2.05) is 18.2 Å². The number of esters is 1. The lowest BCUT2D eigenvalue weighted by Crippen LogP contribution is -2.48. The number of carbonyl (C=O) groups is 1. The number of rotatable bonds is 9. The second kappa shape index (κ2) is 11.7. The van der Waals surface area contributed by atoms with E-state index in [9.17, 15) is 4.79 Å². The maximum absolute atomic E-state index is 12.6. The molecule has 4 aliphatic rings. The van der Waals surface area contributed by atoms with Crippen LogP contribution < -0.4 is 0 Å². The van der Waals surface area contributed by atoms with Gasteiger partial charge in [-0.2, -0.15) is 0 Å². The number of hydrogen-bond donors (Lipinski definition) is 0. The van der Waals surface area contributed by atoms with Crippen molar-refractivity contribution in [2.45, 2.75) is 117 Å². The standard InChI is InChI=1S/C35H52O2/c1-24(2)9-8-10-25(3)29-16-17-31-30(29)18-19-33-32(31)15-14-27-23-28(21-22-35(27,33)4)37-34(36)20-13-26-11-6-5-7-12-26/h5-7,11-12,14,24-25,28-33H,8-10,13,15-23H2,1-4H3/t25-,28+,29-,30-,31-,32+,33?,35+/m1/s1. The molecule has 0 radical (unpaired) electrons. The molecule has 0 heterocycles. The van der Waals surface area contributed by atoms with Crippen molar-refractivity contribution in [3.05, 3.63) is 47.5 Å². The van der Waals surface area contributed by atoms with Crippen LogP contribution in [0.4, 0.5) is 0 Å². The van der Waals surface area contributed by atoms with Crippen molar-refractivity contribution >= 4 is 5.97 Å². The SMILES string of the molecule is CC(C)CCC[C@@H](C)[C@H]1CC[C@@H]2[C@@H]1CCC1[C@H]2CC=C2C[C@@H](OC(=O)CCc3ccccc3)CC[C@@]21C. The van der Waals surface area contributed by atoms with E-state index in [4.69, 9.17) is 4.74 Å². The van der Waals surface area contributed by atoms with E-state index in [1.54, 1.807) is 5.57 Å². The van der Waals surface area contributed by atoms with Gasteiger partial charge in [0.05, 0.1) is 0 Å². The van der Waals surface area contributed by atoms with Crippen molar-refractivity contribution in [3.63, 3.8) is 0 Å². The number of ether oxygens (including phenoxy) is 1. The van der Waals surface area contributed by atoms with E-state index in [0.29, 0.717) is 11.8 Å². The van der Waals surface area contributed by atoms with Crippen LogP contribution in [0.15, 0.2) is 42.0 Å². The lowest BCUT2D eigenvalue weighted by molar-refractivity contribution is -0.151. The monoisotopic (exact) mass is 504 g/mol. The number of allylic oxidation sites excluding steroid dienone is 1. The summed E-state index contributed by atoms with van der Waals surface area (Å²) in [6.45, 7) is 9.88. The molecular weight excluding hydrogens is 452 g/mol. The Labute approximate surface area is 227 Å². The first kappa shape index (κ1) is 27.0. The van der Waals surface area contributed by atoms with Crippen LogP contribution in [0.3, 0.4) is 0 Å². The quantitative estimate of drug-likeness (QED) is 0.247. The van der Waals surface area contributed by atoms with Gasteiger partial charge in [0.25, 0.3) is 0 Å². The van der Waals surface area contributed by atoms with Gasteiger partial charge in [-0.15, -0.1) is 0 Å². The summed E-state index contributed by atoms with van der Waals surface area (Å²) < 4.78 is 6.02. The highest BCUT2D eigenvalue weighted by Gasteiger charge is 2.54. The summed E-state index contributed by atoms with van der Waals surface area (Å²) in [5.41, 5.74) is 3.17. The third-order valence-electron chi connectivity index (χ3n) is 11.4. The molecule has 4 aliphatic carbocycles. The predicted octanol–water partition coefficient (Wildman–Crippen LogP) is 9.18. The van der Waals surface area contributed by atoms with Crippen LogP contribution >= 0.6 is 0 Å². The summed E-state index contributed by atoms with van der Waals surface area (Å²) >= 11 is 0. The highest BCUT2D eigenvalue weighted by atomic mass is 16.5. The minimum absolute atomic E-state index is 0.0215. The fourth-order valence-electron chi connectivity index (χ4n) is 9.33. The molecule has 0 spiro atoms. The van der Waals surface area contributed by atoms with Crippen LogP contribution in [0.2, 0.25) is 0 Å². The first-order valence-electron chi connectivity index (χ1n) is 15.8. The van der Waals surface area contributed by atoms with Crippen molar-refractivity contribution < 1.29 is 9.53 Å². The largest absolute Gasteiger partial charge is 0.462 e. The number of aryl methyl sites for hydroxylation is 1. The van der Waals surface area contributed by atoms with E-state index < -0.39 is 0 Å². The van der Waals surface area contributed by atoms with E-state index in [2.05, 4.69) is 45.9 Å². The molecule has 8 atom stereocenters. The minimum Gasteiger partial charge on any atom is -0.462 e. The summed E-state index contributed by atoms with van der Waals surface area (Å²) in [6, 6.07) is 10.3. The Bertz CT molecular complexity index is 932. The van der Waals surface area contributed by atoms with Crippen molar-refractivity contribution in [1.29, 1.82) is 0 Å². The van der Waals surface area contributed by atoms with Gasteiger partial charge in [-0.1, -0.05) is 88.9 Å². The van der Waals surface area contributed by atoms with Crippen LogP contribution in [0.25, 0.3) is 0 Å². The molecule has 2 nitrogen and oxygen atoms in total. The van der Waals surface area contributed by atoms with Crippen molar-refractivity contribution in [2.24, 2.45) is 46.8 Å². The third-order valence-corrected chi connectivity index (χ3v) is 11.4. The van der Waals surface area contributed by atoms with Gasteiger partial charge in [0, 0.05) is 12.8 Å². The third kappa shape index (κ3) is 5.89. The summed E-state index contributed by atoms with van der Waals surface area (Å²) in [5.74, 6) is 6.38. The van der Waals surface area contributed by atoms with Crippen LogP contribution in [0, 0.1) is 46.8 Å². The van der Waals surface area contributed by atoms with E-state index in [-0.39, 0.29) is 12.1 Å². The number of hydrogen-bond acceptors (Lipinski definition) is 2. The molecule has 3 fully saturated rings. The molecule has 1 unspecified atom stereocenters. The second-order valence-electron chi connectivity index (χ2n) is 13.9. The highest BCUT2D eigenvalue weighted by molar-refractivity contribution is 5.70. The molecule has 37 heavy (non-hydrogen) atoms. The lowest BCUT2D eigenvalue weighted by atomic mass is 9.50. The van der Waals surface area contributed by atoms with Gasteiger partial charge in [-0.3, -0.25) is 4.79 Å². The van der Waals surface area contributed by atoms with Crippen LogP contribution in [-0.2, 0) is 16.0 Å². The Kier molecular flexibility index (Phi) is 8.52. The molecule has 2 heteroatoms. The zero-order chi connectivity index (χ0) is 26.0. The highest BCUT2D eigenvalue weighted by Crippen LogP contribution is 2.63. The van der Waals surface area contributed by atoms with Gasteiger partial charge < -0.3 is 4.74 Å². The summed E-state index contributed by atoms with van der Waals surface area (Å²) in [7, 11) is 0. The number of carbonyl (C=O) groups excluding carboxylic acids is 1. The van der Waals surface area contributed by atoms with Crippen LogP contribution in [0.5, 0.6) is 0 Å². The average molecular weight is 505 g/mol. The maximum atomic E-state index is 12.6. The Morgan fingerprint density at radius 2 is 1.76 bits per heavy atom. The molecule has 0 aliphatic heterocycles. The fourth-order valence-corrected chi connectivity index (χ4v) is 9.33. The normalized spacial score (nSPS) is 35.8. The first-order valence-corrected chi connectivity index (χ1v) is 15.8. The van der Waals surface area contributed by atoms with Crippen molar-refractivity contribution in [2.75, 3.05) is 0 Å². The van der Waals surface area contributed by atoms with Gasteiger partial charge in [0.2, 0.25) is 0 Å². The molecule has 0 saturated heterocycles. The second-order valence-corrected chi connectivity index (χ2v) is 13.9. The summed E-state index contributed by atoms with van der Waals surface area (Å²) in [6.07, 6.45) is 18.5. The fraction of sp³-hybridized carbons (Fsp3) is 0.743. The van der Waals surface area contributed by atoms with Gasteiger partial charge in [-0.25, -0.2) is 0 Å². The van der Waals surface area contributed by atoms with Crippen molar-refractivity contribution in [1.82, 2.24) is 0 Å². The van der Waals surface area contributed by atoms with Crippen LogP contribution in [-0.4, -0.2) is 12.1 Å². The minimum atomic E-state index is -0.0215. The van der Waals surface area contributed by atoms with E-state index in [1.165, 1.54) is 63.4 Å². The average Bonchev–Trinajstić information content (AvgIpc) is 3.33. The van der Waals surface area contributed by atoms with Gasteiger partial charge in [-0.05, 0) is 104 Å². The molecule has 1 aromatic carbocycles. The molecule has 0 N–H and O–H groups in total. The van der Waals surface area contributed by atoms with Gasteiger partial charge in [0.15, 0.2) is 0 Å². The van der Waals surface area contributed by atoms with Crippen LogP contribution in [0.1, 0.15) is 110 Å². The Morgan fingerprint density at radius 1 is 0.973 bits per heavy atom. The molecule has 204 valence electrons. The van der Waals surface area contributed by atoms with Gasteiger partial charge in [0.1, 0.15) is 6.10 Å². The van der Waals surface area contributed by atoms with E-state index >= 15 is 0 Å². The molecule has 0 amide bonds. The Hall–Kier alpha value is -1.57. The van der Waals surface area contributed by atoms with Gasteiger partial charge >= 0.3 is 5.97 Å². The summed E-state index contributed by atoms with van der Waals surface area (Å²) in [5, 5.41) is 0. The molecular formula is C35H52O2. The number of benzene rings is 1. The summed E-state index contributed by atoms with van der Waals surface area (Å²) in [4.78, 5) is 12.6. The maximum Gasteiger partial charge on any atom is 0.306 e. The zero-order valence-electron chi connectivity index (χ0n) is 24.1. The molecule has 0 aromatic heterocycles.